The Hall–Kier alpha value is 1.79. The molecule has 0 N–H and O–H groups in total. The topological polar surface area (TPSA) is 0 Å². The minimum absolute atomic E-state index is 0. The van der Waals surface area contributed by atoms with E-state index in [1.54, 1.807) is 0 Å². The minimum atomic E-state index is 0. The molecule has 0 amide bonds. The first kappa shape index (κ1) is 9.25. The van der Waals surface area contributed by atoms with Crippen LogP contribution in [0.2, 0.25) is 0 Å². The predicted octanol–water partition coefficient (Wildman–Crippen LogP) is -2.40. The molecule has 0 fully saturated rings. The molecule has 4 heavy (non-hydrogen) atoms. The Kier molecular flexibility index (Phi) is 20.4. The number of hydrogen-bond acceptors (Lipinski definition) is 1. The van der Waals surface area contributed by atoms with E-state index in [4.69, 9.17) is 0 Å². The molecule has 0 atom stereocenters. The van der Waals surface area contributed by atoms with Crippen molar-refractivity contribution in [2.24, 2.45) is 0 Å². The smallest absolute Gasteiger partial charge is 1.00 e. The van der Waals surface area contributed by atoms with Crippen LogP contribution in [0.4, 0.5) is 0 Å². The summed E-state index contributed by atoms with van der Waals surface area (Å²) in [4.78, 5) is 0. The fraction of sp³-hybridized carbons (Fsp3) is 0. The predicted molar refractivity (Wildman–Crippen MR) is 18.7 cm³/mol. The van der Waals surface area contributed by atoms with Crippen molar-refractivity contribution in [3.63, 3.8) is 0 Å². The van der Waals surface area contributed by atoms with Gasteiger partial charge < -0.3 is 0 Å². The summed E-state index contributed by atoms with van der Waals surface area (Å²) in [6.45, 7) is 3.18. The molecule has 3 heteroatoms. The van der Waals surface area contributed by atoms with Crippen LogP contribution in [-0.2, 0) is 0 Å². The monoisotopic (exact) mass is 96.0 g/mol. The zero-order chi connectivity index (χ0) is 2.71. The first-order valence-electron chi connectivity index (χ1n) is 0.644. The number of rotatable bonds is 0. The van der Waals surface area contributed by atoms with Crippen LogP contribution in [0, 0.1) is 6.82 Å². The van der Waals surface area contributed by atoms with Gasteiger partial charge in [0, 0.05) is 0 Å². The largest absolute Gasteiger partial charge is 1.00 e. The van der Waals surface area contributed by atoms with Crippen molar-refractivity contribution in [3.05, 3.63) is 6.82 Å². The van der Waals surface area contributed by atoms with Gasteiger partial charge in [0.15, 0.2) is 0 Å². The Balaban J connectivity index is 0. The molecule has 16 valence electrons. The van der Waals surface area contributed by atoms with Gasteiger partial charge in [-0.25, -0.2) is 0 Å². The second-order valence-corrected chi connectivity index (χ2v) is 0.500. The third-order valence-electron chi connectivity index (χ3n) is 0. The Morgan fingerprint density at radius 3 is 1.75 bits per heavy atom. The molecule has 0 aromatic carbocycles. The molecule has 0 saturated carbocycles. The second kappa shape index (κ2) is 8.84. The van der Waals surface area contributed by atoms with Crippen LogP contribution in [-0.4, -0.2) is 6.15 Å². The Morgan fingerprint density at radius 1 is 1.75 bits per heavy atom. The molecular formula is CH2BKS. The summed E-state index contributed by atoms with van der Waals surface area (Å²) in [6.07, 6.45) is 1.33. The van der Waals surface area contributed by atoms with E-state index in [0.717, 1.165) is 0 Å². The van der Waals surface area contributed by atoms with E-state index in [-0.39, 0.29) is 51.4 Å². The van der Waals surface area contributed by atoms with Gasteiger partial charge in [-0.05, 0) is 0 Å². The SMILES string of the molecule is [CH2-]B=S.[K+]. The zero-order valence-corrected chi connectivity index (χ0v) is 6.63. The van der Waals surface area contributed by atoms with Gasteiger partial charge in [0.05, 0.1) is 0 Å². The minimum Gasteiger partial charge on any atom is 1.00 e. The van der Waals surface area contributed by atoms with E-state index in [1.807, 2.05) is 0 Å². The Morgan fingerprint density at radius 2 is 1.75 bits per heavy atom. The van der Waals surface area contributed by atoms with Gasteiger partial charge in [0.2, 0.25) is 0 Å². The zero-order valence-electron chi connectivity index (χ0n) is 2.69. The van der Waals surface area contributed by atoms with Crippen molar-refractivity contribution in [2.75, 3.05) is 0 Å². The van der Waals surface area contributed by atoms with Crippen molar-refractivity contribution >= 4 is 18.2 Å². The Labute approximate surface area is 74.9 Å². The van der Waals surface area contributed by atoms with Crippen LogP contribution in [0.15, 0.2) is 0 Å². The molecule has 0 spiro atoms. The maximum atomic E-state index is 4.16. The fourth-order valence-electron chi connectivity index (χ4n) is 0. The summed E-state index contributed by atoms with van der Waals surface area (Å²) in [7, 11) is 0. The summed E-state index contributed by atoms with van der Waals surface area (Å²) in [5.41, 5.74) is 0. The molecule has 0 aromatic heterocycles. The maximum absolute atomic E-state index is 4.16. The van der Waals surface area contributed by atoms with Gasteiger partial charge >= 0.3 is 76.4 Å². The molecule has 0 aliphatic carbocycles. The van der Waals surface area contributed by atoms with Gasteiger partial charge in [-0.2, -0.15) is 0 Å². The molecule has 0 saturated heterocycles. The quantitative estimate of drug-likeness (QED) is 0.239. The Bertz CT molecular complexity index is 15.5. The molecule has 0 bridgehead atoms. The summed E-state index contributed by atoms with van der Waals surface area (Å²) < 4.78 is 0. The molecular weight excluding hydrogens is 94.0 g/mol. The fourth-order valence-corrected chi connectivity index (χ4v) is 0. The van der Waals surface area contributed by atoms with E-state index < -0.39 is 0 Å². The van der Waals surface area contributed by atoms with E-state index in [1.165, 1.54) is 6.15 Å². The second-order valence-electron chi connectivity index (χ2n) is 0.167. The van der Waals surface area contributed by atoms with E-state index in [9.17, 15) is 0 Å². The van der Waals surface area contributed by atoms with Gasteiger partial charge in [-0.1, -0.05) is 0 Å². The average molecular weight is 96.0 g/mol. The first-order valence-corrected chi connectivity index (χ1v) is 1.12. The first-order chi connectivity index (χ1) is 1.41. The third kappa shape index (κ3) is 9.21. The van der Waals surface area contributed by atoms with Gasteiger partial charge in [0.1, 0.15) is 0 Å². The number of hydrogen-bond donors (Lipinski definition) is 0. The van der Waals surface area contributed by atoms with Crippen molar-refractivity contribution in [1.82, 2.24) is 0 Å². The summed E-state index contributed by atoms with van der Waals surface area (Å²) >= 11 is 4.16. The molecule has 0 rings (SSSR count). The van der Waals surface area contributed by atoms with Crippen LogP contribution in [0.3, 0.4) is 0 Å². The molecule has 0 nitrogen and oxygen atoms in total. The van der Waals surface area contributed by atoms with Gasteiger partial charge in [-0.15, -0.1) is 0 Å². The third-order valence-corrected chi connectivity index (χ3v) is 0. The molecule has 0 aliphatic rings. The standard InChI is InChI=1S/CH2BS.K/c1-2-3;/h1H2;/q-1;+1. The normalized spacial score (nSPS) is 2.00. The van der Waals surface area contributed by atoms with Crippen molar-refractivity contribution in [1.29, 1.82) is 0 Å². The summed E-state index contributed by atoms with van der Waals surface area (Å²) in [5.74, 6) is 0. The van der Waals surface area contributed by atoms with Crippen molar-refractivity contribution in [3.8, 4) is 0 Å². The van der Waals surface area contributed by atoms with Gasteiger partial charge in [0.25, 0.3) is 0 Å². The average Bonchev–Trinajstić information content (AvgIpc) is 0.918. The maximum Gasteiger partial charge on any atom is 1.00 e. The van der Waals surface area contributed by atoms with E-state index in [2.05, 4.69) is 18.9 Å². The van der Waals surface area contributed by atoms with Crippen LogP contribution in [0.5, 0.6) is 0 Å². The van der Waals surface area contributed by atoms with Crippen molar-refractivity contribution < 1.29 is 51.4 Å². The molecule has 0 radical (unpaired) electrons. The summed E-state index contributed by atoms with van der Waals surface area (Å²) in [6, 6.07) is 0. The van der Waals surface area contributed by atoms with Crippen LogP contribution >= 0.6 is 12.1 Å². The van der Waals surface area contributed by atoms with E-state index in [0.29, 0.717) is 0 Å². The molecule has 0 aromatic rings. The molecule has 0 aliphatic heterocycles. The summed E-state index contributed by atoms with van der Waals surface area (Å²) in [5, 5.41) is 0. The molecule has 0 heterocycles. The molecule has 0 unspecified atom stereocenters. The van der Waals surface area contributed by atoms with Crippen LogP contribution in [0.25, 0.3) is 0 Å². The van der Waals surface area contributed by atoms with E-state index >= 15 is 0 Å². The van der Waals surface area contributed by atoms with Crippen LogP contribution < -0.4 is 51.4 Å². The van der Waals surface area contributed by atoms with Crippen molar-refractivity contribution in [2.45, 2.75) is 0 Å². The van der Waals surface area contributed by atoms with Gasteiger partial charge in [-0.3, -0.25) is 0 Å². The van der Waals surface area contributed by atoms with Crippen LogP contribution in [0.1, 0.15) is 0 Å².